The normalized spacial score (nSPS) is 16.6. The zero-order valence-electron chi connectivity index (χ0n) is 23.4. The second-order valence-corrected chi connectivity index (χ2v) is 12.4. The van der Waals surface area contributed by atoms with Crippen LogP contribution in [0.15, 0.2) is 70.4 Å². The molecule has 1 saturated heterocycles. The molecule has 1 fully saturated rings. The summed E-state index contributed by atoms with van der Waals surface area (Å²) in [6, 6.07) is 16.0. The number of hydrogen-bond acceptors (Lipinski definition) is 9. The van der Waals surface area contributed by atoms with E-state index >= 15 is 0 Å². The highest BCUT2D eigenvalue weighted by atomic mass is 32.1. The molecule has 6 rings (SSSR count). The number of aromatic nitrogens is 1. The minimum atomic E-state index is -0.680. The molecule has 11 heteroatoms. The van der Waals surface area contributed by atoms with Crippen LogP contribution in [0.5, 0.6) is 0 Å². The van der Waals surface area contributed by atoms with Crippen molar-refractivity contribution in [3.05, 3.63) is 70.6 Å². The monoisotopic (exact) mass is 598 g/mol. The number of thiazole rings is 1. The maximum Gasteiger partial charge on any atom is 0.338 e. The summed E-state index contributed by atoms with van der Waals surface area (Å²) in [4.78, 5) is 49.3. The van der Waals surface area contributed by atoms with E-state index in [-0.39, 0.29) is 5.57 Å². The van der Waals surface area contributed by atoms with E-state index in [0.717, 1.165) is 44.5 Å². The Balaban J connectivity index is 1.17. The third kappa shape index (κ3) is 5.49. The first-order chi connectivity index (χ1) is 20.4. The summed E-state index contributed by atoms with van der Waals surface area (Å²) in [6.45, 7) is 4.39. The van der Waals surface area contributed by atoms with Crippen molar-refractivity contribution in [2.75, 3.05) is 29.9 Å². The number of carbonyl (C=O) groups is 3. The van der Waals surface area contributed by atoms with E-state index in [1.807, 2.05) is 12.1 Å². The third-order valence-corrected chi connectivity index (χ3v) is 9.42. The average Bonchev–Trinajstić information content (AvgIpc) is 3.69. The van der Waals surface area contributed by atoms with Crippen LogP contribution in [0.3, 0.4) is 0 Å². The summed E-state index contributed by atoms with van der Waals surface area (Å²) in [5, 5.41) is 9.37. The number of thiophene rings is 1. The zero-order valence-corrected chi connectivity index (χ0v) is 25.1. The van der Waals surface area contributed by atoms with E-state index in [4.69, 9.17) is 0 Å². The number of imide groups is 2. The maximum atomic E-state index is 13.2. The quantitative estimate of drug-likeness (QED) is 0.0850. The molecule has 9 nitrogen and oxygen atoms in total. The van der Waals surface area contributed by atoms with Gasteiger partial charge in [0.15, 0.2) is 0 Å². The van der Waals surface area contributed by atoms with Crippen LogP contribution >= 0.6 is 22.7 Å². The second-order valence-electron chi connectivity index (χ2n) is 10.3. The first-order valence-corrected chi connectivity index (χ1v) is 15.7. The zero-order chi connectivity index (χ0) is 29.2. The summed E-state index contributed by atoms with van der Waals surface area (Å²) in [5.74, 6) is -1.28. The maximum absolute atomic E-state index is 13.2. The fourth-order valence-electron chi connectivity index (χ4n) is 5.22. The van der Waals surface area contributed by atoms with Gasteiger partial charge in [0.2, 0.25) is 5.13 Å². The molecule has 0 atom stereocenters. The van der Waals surface area contributed by atoms with Gasteiger partial charge in [0.1, 0.15) is 10.4 Å². The minimum absolute atomic E-state index is 0.0779. The van der Waals surface area contributed by atoms with Crippen LogP contribution < -0.4 is 9.80 Å². The minimum Gasteiger partial charge on any atom is -0.371 e. The number of unbranched alkanes of at least 4 members (excludes halogenated alkanes) is 3. The van der Waals surface area contributed by atoms with Crippen LogP contribution in [0.2, 0.25) is 0 Å². The number of amides is 4. The predicted octanol–water partition coefficient (Wildman–Crippen LogP) is 7.72. The lowest BCUT2D eigenvalue weighted by Crippen LogP contribution is -2.55. The molecule has 4 amide bonds. The Hall–Kier alpha value is -4.22. The summed E-state index contributed by atoms with van der Waals surface area (Å²) in [5.41, 5.74) is 3.75. The number of nitrogens with zero attached hydrogens (tertiary/aromatic N) is 6. The highest BCUT2D eigenvalue weighted by Gasteiger charge is 2.41. The molecular weight excluding hydrogens is 569 g/mol. The van der Waals surface area contributed by atoms with Gasteiger partial charge < -0.3 is 4.90 Å². The van der Waals surface area contributed by atoms with E-state index in [9.17, 15) is 14.4 Å². The lowest BCUT2D eigenvalue weighted by atomic mass is 10.1. The number of hydrogen-bond donors (Lipinski definition) is 0. The Morgan fingerprint density at radius 3 is 2.57 bits per heavy atom. The van der Waals surface area contributed by atoms with Crippen molar-refractivity contribution in [2.45, 2.75) is 39.0 Å². The van der Waals surface area contributed by atoms with Gasteiger partial charge in [-0.1, -0.05) is 55.7 Å². The number of azo groups is 1. The van der Waals surface area contributed by atoms with Gasteiger partial charge in [-0.3, -0.25) is 14.5 Å². The van der Waals surface area contributed by atoms with Crippen molar-refractivity contribution in [1.82, 2.24) is 9.88 Å². The third-order valence-electron chi connectivity index (χ3n) is 7.43. The number of urea groups is 1. The SMILES string of the molecule is CCCCCCN1CCc2cc(N=Nc3nc4sc(/C=C5/C(=O)N(C)C(=O)N(c6ccccc6)C5=O)cc4s3)ccc21. The van der Waals surface area contributed by atoms with Crippen molar-refractivity contribution in [3.8, 4) is 0 Å². The van der Waals surface area contributed by atoms with Crippen LogP contribution in [0, 0.1) is 0 Å². The first-order valence-electron chi connectivity index (χ1n) is 14.1. The van der Waals surface area contributed by atoms with Gasteiger partial charge in [-0.15, -0.1) is 21.6 Å². The topological polar surface area (TPSA) is 98.5 Å². The molecule has 0 spiro atoms. The summed E-state index contributed by atoms with van der Waals surface area (Å²) in [7, 11) is 1.37. The standard InChI is InChI=1S/C31H30N6O3S2/c1-3-4-5-9-15-36-16-14-20-17-21(12-13-25(20)36)33-34-30-32-27-26(42-30)19-23(41-27)18-24-28(38)35(2)31(40)37(29(24)39)22-10-7-6-8-11-22/h6-8,10-13,17-19H,3-5,9,14-16H2,1-2H3/b24-18-,34-33?. The van der Waals surface area contributed by atoms with Crippen molar-refractivity contribution in [3.63, 3.8) is 0 Å². The molecule has 2 aliphatic heterocycles. The van der Waals surface area contributed by atoms with Gasteiger partial charge in [0.05, 0.1) is 16.1 Å². The van der Waals surface area contributed by atoms with Crippen molar-refractivity contribution < 1.29 is 14.4 Å². The first kappa shape index (κ1) is 27.9. The van der Waals surface area contributed by atoms with E-state index in [2.05, 4.69) is 39.2 Å². The Morgan fingerprint density at radius 2 is 1.79 bits per heavy atom. The molecule has 0 aliphatic carbocycles. The number of anilines is 2. The van der Waals surface area contributed by atoms with Gasteiger partial charge in [0, 0.05) is 30.7 Å². The number of rotatable bonds is 9. The molecule has 0 radical (unpaired) electrons. The van der Waals surface area contributed by atoms with E-state index in [1.165, 1.54) is 72.7 Å². The fourth-order valence-corrected chi connectivity index (χ4v) is 7.21. The molecule has 0 N–H and O–H groups in total. The van der Waals surface area contributed by atoms with Crippen molar-refractivity contribution in [2.24, 2.45) is 10.2 Å². The molecule has 2 aromatic carbocycles. The van der Waals surface area contributed by atoms with Crippen LogP contribution in [-0.4, -0.2) is 47.9 Å². The van der Waals surface area contributed by atoms with E-state index in [1.54, 1.807) is 30.3 Å². The molecule has 4 heterocycles. The summed E-state index contributed by atoms with van der Waals surface area (Å²) in [6.07, 6.45) is 7.60. The van der Waals surface area contributed by atoms with Crippen molar-refractivity contribution in [1.29, 1.82) is 0 Å². The number of carbonyl (C=O) groups excluding carboxylic acids is 3. The Bertz CT molecular complexity index is 1690. The smallest absolute Gasteiger partial charge is 0.338 e. The Kier molecular flexibility index (Phi) is 7.94. The molecule has 0 saturated carbocycles. The van der Waals surface area contributed by atoms with Crippen LogP contribution in [0.25, 0.3) is 15.6 Å². The van der Waals surface area contributed by atoms with E-state index in [0.29, 0.717) is 15.7 Å². The van der Waals surface area contributed by atoms with Gasteiger partial charge in [-0.25, -0.2) is 14.7 Å². The molecule has 214 valence electrons. The number of barbiturate groups is 1. The van der Waals surface area contributed by atoms with Crippen molar-refractivity contribution >= 4 is 78.3 Å². The number of para-hydroxylation sites is 1. The number of likely N-dealkylation sites (N-methyl/N-ethyl adjacent to an activating group) is 1. The molecule has 2 aliphatic rings. The molecule has 42 heavy (non-hydrogen) atoms. The van der Waals surface area contributed by atoms with Crippen LogP contribution in [-0.2, 0) is 16.0 Å². The molecule has 0 bridgehead atoms. The lowest BCUT2D eigenvalue weighted by Gasteiger charge is -2.31. The van der Waals surface area contributed by atoms with Gasteiger partial charge in [0.25, 0.3) is 11.8 Å². The molecule has 4 aromatic rings. The number of benzene rings is 2. The number of fused-ring (bicyclic) bond motifs is 2. The Labute approximate surface area is 251 Å². The largest absolute Gasteiger partial charge is 0.371 e. The highest BCUT2D eigenvalue weighted by Crippen LogP contribution is 2.37. The molecular formula is C31H30N6O3S2. The van der Waals surface area contributed by atoms with Gasteiger partial charge in [-0.2, -0.15) is 0 Å². The van der Waals surface area contributed by atoms with Gasteiger partial charge >= 0.3 is 6.03 Å². The second kappa shape index (κ2) is 11.9. The average molecular weight is 599 g/mol. The van der Waals surface area contributed by atoms with Gasteiger partial charge in [-0.05, 0) is 60.9 Å². The lowest BCUT2D eigenvalue weighted by molar-refractivity contribution is -0.128. The summed E-state index contributed by atoms with van der Waals surface area (Å²) < 4.78 is 0.883. The summed E-state index contributed by atoms with van der Waals surface area (Å²) >= 11 is 2.75. The fraction of sp³-hybridized carbons (Fsp3) is 0.290. The molecule has 0 unspecified atom stereocenters. The van der Waals surface area contributed by atoms with Crippen LogP contribution in [0.4, 0.5) is 27.0 Å². The predicted molar refractivity (Wildman–Crippen MR) is 168 cm³/mol. The Morgan fingerprint density at radius 1 is 0.952 bits per heavy atom. The van der Waals surface area contributed by atoms with Crippen LogP contribution in [0.1, 0.15) is 43.0 Å². The molecule has 2 aromatic heterocycles. The van der Waals surface area contributed by atoms with E-state index < -0.39 is 17.8 Å². The highest BCUT2D eigenvalue weighted by molar-refractivity contribution is 7.29.